The fourth-order valence-corrected chi connectivity index (χ4v) is 2.62. The van der Waals surface area contributed by atoms with Gasteiger partial charge in [0.25, 0.3) is 5.91 Å². The maximum Gasteiger partial charge on any atom is 0.291 e. The molecule has 0 saturated carbocycles. The predicted molar refractivity (Wildman–Crippen MR) is 95.5 cm³/mol. The highest BCUT2D eigenvalue weighted by molar-refractivity contribution is 6.02. The zero-order chi connectivity index (χ0) is 18.6. The van der Waals surface area contributed by atoms with Crippen LogP contribution in [0.25, 0.3) is 11.3 Å². The molecule has 2 N–H and O–H groups in total. The van der Waals surface area contributed by atoms with Crippen LogP contribution in [-0.4, -0.2) is 26.5 Å². The SMILES string of the molecule is O=C(Nc1cccc(Cc2nn[nH]n2)c1)c1ccc(-c2ccc(F)cc2)o1. The van der Waals surface area contributed by atoms with Crippen molar-refractivity contribution in [1.29, 1.82) is 0 Å². The lowest BCUT2D eigenvalue weighted by molar-refractivity contribution is 0.0997. The zero-order valence-corrected chi connectivity index (χ0v) is 14.0. The third-order valence-electron chi connectivity index (χ3n) is 3.89. The summed E-state index contributed by atoms with van der Waals surface area (Å²) in [5.41, 5.74) is 2.25. The molecule has 27 heavy (non-hydrogen) atoms. The van der Waals surface area contributed by atoms with Gasteiger partial charge in [0.1, 0.15) is 11.6 Å². The van der Waals surface area contributed by atoms with Crippen molar-refractivity contribution < 1.29 is 13.6 Å². The summed E-state index contributed by atoms with van der Waals surface area (Å²) in [6, 6.07) is 16.5. The van der Waals surface area contributed by atoms with Gasteiger partial charge in [-0.25, -0.2) is 4.39 Å². The number of hydrogen-bond acceptors (Lipinski definition) is 5. The van der Waals surface area contributed by atoms with Gasteiger partial charge < -0.3 is 9.73 Å². The standard InChI is InChI=1S/C19H14FN5O2/c20-14-6-4-13(5-7-14)16-8-9-17(27-16)19(26)21-15-3-1-2-12(10-15)11-18-22-24-25-23-18/h1-10H,11H2,(H,21,26)(H,22,23,24,25). The van der Waals surface area contributed by atoms with Crippen LogP contribution >= 0.6 is 0 Å². The van der Waals surface area contributed by atoms with Crippen molar-refractivity contribution in [2.75, 3.05) is 5.32 Å². The summed E-state index contributed by atoms with van der Waals surface area (Å²) in [7, 11) is 0. The Morgan fingerprint density at radius 3 is 2.74 bits per heavy atom. The van der Waals surface area contributed by atoms with Gasteiger partial charge in [0.05, 0.1) is 0 Å². The topological polar surface area (TPSA) is 96.7 Å². The molecule has 0 fully saturated rings. The number of tetrazole rings is 1. The Labute approximate surface area is 153 Å². The van der Waals surface area contributed by atoms with Crippen LogP contribution in [0.15, 0.2) is 65.1 Å². The second-order valence-electron chi connectivity index (χ2n) is 5.83. The Hall–Kier alpha value is -3.81. The Balaban J connectivity index is 1.47. The van der Waals surface area contributed by atoms with Crippen molar-refractivity contribution in [3.8, 4) is 11.3 Å². The molecule has 134 valence electrons. The number of aromatic nitrogens is 4. The van der Waals surface area contributed by atoms with Gasteiger partial charge in [-0.15, -0.1) is 10.2 Å². The fourth-order valence-electron chi connectivity index (χ4n) is 2.62. The number of amides is 1. The van der Waals surface area contributed by atoms with Crippen LogP contribution in [0, 0.1) is 5.82 Å². The molecule has 1 amide bonds. The summed E-state index contributed by atoms with van der Waals surface area (Å²) < 4.78 is 18.6. The van der Waals surface area contributed by atoms with E-state index in [1.165, 1.54) is 12.1 Å². The van der Waals surface area contributed by atoms with Crippen molar-refractivity contribution in [3.63, 3.8) is 0 Å². The predicted octanol–water partition coefficient (Wildman–Crippen LogP) is 3.44. The highest BCUT2D eigenvalue weighted by Gasteiger charge is 2.13. The van der Waals surface area contributed by atoms with E-state index in [0.717, 1.165) is 5.56 Å². The van der Waals surface area contributed by atoms with Crippen molar-refractivity contribution in [2.45, 2.75) is 6.42 Å². The molecule has 4 rings (SSSR count). The van der Waals surface area contributed by atoms with E-state index in [-0.39, 0.29) is 17.5 Å². The van der Waals surface area contributed by atoms with Crippen molar-refractivity contribution in [2.24, 2.45) is 0 Å². The second kappa shape index (κ2) is 7.20. The third-order valence-corrected chi connectivity index (χ3v) is 3.89. The molecule has 0 aliphatic heterocycles. The maximum absolute atomic E-state index is 13.0. The molecule has 2 aromatic carbocycles. The number of anilines is 1. The quantitative estimate of drug-likeness (QED) is 0.566. The summed E-state index contributed by atoms with van der Waals surface area (Å²) in [6.07, 6.45) is 0.496. The molecule has 2 heterocycles. The minimum absolute atomic E-state index is 0.165. The summed E-state index contributed by atoms with van der Waals surface area (Å²) >= 11 is 0. The highest BCUT2D eigenvalue weighted by atomic mass is 19.1. The first-order chi connectivity index (χ1) is 13.2. The average Bonchev–Trinajstić information content (AvgIpc) is 3.35. The van der Waals surface area contributed by atoms with Gasteiger partial charge in [0.15, 0.2) is 11.6 Å². The number of hydrogen-bond donors (Lipinski definition) is 2. The van der Waals surface area contributed by atoms with Crippen molar-refractivity contribution in [3.05, 3.63) is 83.6 Å². The smallest absolute Gasteiger partial charge is 0.291 e. The molecule has 0 aliphatic rings. The zero-order valence-electron chi connectivity index (χ0n) is 14.0. The van der Waals surface area contributed by atoms with E-state index in [0.29, 0.717) is 29.3 Å². The lowest BCUT2D eigenvalue weighted by atomic mass is 10.1. The van der Waals surface area contributed by atoms with Crippen LogP contribution in [0.4, 0.5) is 10.1 Å². The second-order valence-corrected chi connectivity index (χ2v) is 5.83. The Morgan fingerprint density at radius 1 is 1.11 bits per heavy atom. The number of nitrogens with one attached hydrogen (secondary N) is 2. The lowest BCUT2D eigenvalue weighted by Crippen LogP contribution is -2.11. The first-order valence-corrected chi connectivity index (χ1v) is 8.16. The molecule has 0 saturated heterocycles. The summed E-state index contributed by atoms with van der Waals surface area (Å²) in [4.78, 5) is 12.4. The molecular weight excluding hydrogens is 349 g/mol. The summed E-state index contributed by atoms with van der Waals surface area (Å²) in [6.45, 7) is 0. The van der Waals surface area contributed by atoms with Gasteiger partial charge in [-0.1, -0.05) is 17.3 Å². The van der Waals surface area contributed by atoms with E-state index < -0.39 is 0 Å². The van der Waals surface area contributed by atoms with Gasteiger partial charge in [-0.3, -0.25) is 4.79 Å². The average molecular weight is 363 g/mol. The molecule has 0 radical (unpaired) electrons. The first-order valence-electron chi connectivity index (χ1n) is 8.16. The monoisotopic (exact) mass is 363 g/mol. The number of benzene rings is 2. The fraction of sp³-hybridized carbons (Fsp3) is 0.0526. The largest absolute Gasteiger partial charge is 0.451 e. The number of rotatable bonds is 5. The van der Waals surface area contributed by atoms with Gasteiger partial charge >= 0.3 is 0 Å². The van der Waals surface area contributed by atoms with Crippen LogP contribution in [0.3, 0.4) is 0 Å². The molecule has 0 spiro atoms. The minimum Gasteiger partial charge on any atom is -0.451 e. The normalized spacial score (nSPS) is 10.7. The molecule has 8 heteroatoms. The van der Waals surface area contributed by atoms with E-state index in [1.54, 1.807) is 30.3 Å². The molecular formula is C19H14FN5O2. The van der Waals surface area contributed by atoms with Gasteiger partial charge in [0.2, 0.25) is 0 Å². The Kier molecular flexibility index (Phi) is 4.44. The van der Waals surface area contributed by atoms with E-state index in [2.05, 4.69) is 25.9 Å². The van der Waals surface area contributed by atoms with Crippen LogP contribution in [0.2, 0.25) is 0 Å². The number of halogens is 1. The molecule has 7 nitrogen and oxygen atoms in total. The van der Waals surface area contributed by atoms with E-state index >= 15 is 0 Å². The molecule has 4 aromatic rings. The number of aromatic amines is 1. The molecule has 0 bridgehead atoms. The van der Waals surface area contributed by atoms with Crippen LogP contribution in [0.5, 0.6) is 0 Å². The van der Waals surface area contributed by atoms with Crippen molar-refractivity contribution >= 4 is 11.6 Å². The highest BCUT2D eigenvalue weighted by Crippen LogP contribution is 2.23. The summed E-state index contributed by atoms with van der Waals surface area (Å²) in [5.74, 6) is 0.515. The van der Waals surface area contributed by atoms with E-state index in [1.807, 2.05) is 18.2 Å². The lowest BCUT2D eigenvalue weighted by Gasteiger charge is -2.05. The number of furan rings is 1. The molecule has 0 unspecified atom stereocenters. The Morgan fingerprint density at radius 2 is 1.96 bits per heavy atom. The maximum atomic E-state index is 13.0. The number of H-pyrrole nitrogens is 1. The number of nitrogens with zero attached hydrogens (tertiary/aromatic N) is 3. The molecule has 0 atom stereocenters. The third kappa shape index (κ3) is 3.90. The van der Waals surface area contributed by atoms with E-state index in [4.69, 9.17) is 4.42 Å². The first kappa shape index (κ1) is 16.6. The van der Waals surface area contributed by atoms with Crippen LogP contribution < -0.4 is 5.32 Å². The van der Waals surface area contributed by atoms with Gasteiger partial charge in [-0.05, 0) is 54.1 Å². The number of carbonyl (C=O) groups excluding carboxylic acids is 1. The van der Waals surface area contributed by atoms with E-state index in [9.17, 15) is 9.18 Å². The minimum atomic E-state index is -0.375. The van der Waals surface area contributed by atoms with Crippen LogP contribution in [-0.2, 0) is 6.42 Å². The van der Waals surface area contributed by atoms with Crippen molar-refractivity contribution in [1.82, 2.24) is 20.6 Å². The summed E-state index contributed by atoms with van der Waals surface area (Å²) in [5, 5.41) is 16.5. The number of carbonyl (C=O) groups is 1. The molecule has 2 aromatic heterocycles. The van der Waals surface area contributed by atoms with Gasteiger partial charge in [0, 0.05) is 17.7 Å². The van der Waals surface area contributed by atoms with Crippen LogP contribution in [0.1, 0.15) is 21.9 Å². The molecule has 0 aliphatic carbocycles. The van der Waals surface area contributed by atoms with Gasteiger partial charge in [-0.2, -0.15) is 5.21 Å². The Bertz CT molecular complexity index is 1060.